The molecule has 1 aliphatic carbocycles. The molecule has 0 bridgehead atoms. The largest absolute Gasteiger partial charge is 0.383 e. The molecule has 1 saturated heterocycles. The highest BCUT2D eigenvalue weighted by atomic mass is 16.5. The predicted octanol–water partition coefficient (Wildman–Crippen LogP) is 2.41. The van der Waals surface area contributed by atoms with Gasteiger partial charge < -0.3 is 10.1 Å². The lowest BCUT2D eigenvalue weighted by atomic mass is 9.79. The van der Waals surface area contributed by atoms with Gasteiger partial charge in [-0.05, 0) is 26.2 Å². The molecule has 0 aromatic carbocycles. The van der Waals surface area contributed by atoms with Crippen molar-refractivity contribution in [1.29, 1.82) is 0 Å². The van der Waals surface area contributed by atoms with Gasteiger partial charge in [0.25, 0.3) is 0 Å². The van der Waals surface area contributed by atoms with E-state index in [1.165, 1.54) is 45.1 Å². The summed E-state index contributed by atoms with van der Waals surface area (Å²) < 4.78 is 5.36. The maximum absolute atomic E-state index is 5.36. The third-order valence-electron chi connectivity index (χ3n) is 4.92. The van der Waals surface area contributed by atoms with Gasteiger partial charge >= 0.3 is 0 Å². The molecule has 0 aromatic rings. The third-order valence-corrected chi connectivity index (χ3v) is 4.92. The van der Waals surface area contributed by atoms with Gasteiger partial charge in [-0.1, -0.05) is 26.2 Å². The van der Waals surface area contributed by atoms with E-state index in [4.69, 9.17) is 4.74 Å². The molecule has 2 fully saturated rings. The van der Waals surface area contributed by atoms with E-state index in [2.05, 4.69) is 24.1 Å². The maximum Gasteiger partial charge on any atom is 0.0615 e. The fourth-order valence-corrected chi connectivity index (χ4v) is 3.78. The van der Waals surface area contributed by atoms with Gasteiger partial charge in [0, 0.05) is 37.8 Å². The number of hydrogen-bond acceptors (Lipinski definition) is 3. The van der Waals surface area contributed by atoms with Crippen LogP contribution in [0.3, 0.4) is 0 Å². The van der Waals surface area contributed by atoms with E-state index in [0.29, 0.717) is 17.6 Å². The summed E-state index contributed by atoms with van der Waals surface area (Å²) in [6, 6.07) is 1.23. The van der Waals surface area contributed by atoms with E-state index in [1.54, 1.807) is 0 Å². The second kappa shape index (κ2) is 6.36. The molecule has 2 unspecified atom stereocenters. The Hall–Kier alpha value is -0.120. The summed E-state index contributed by atoms with van der Waals surface area (Å²) in [6.07, 6.45) is 8.18. The lowest BCUT2D eigenvalue weighted by Gasteiger charge is -2.51. The molecule has 3 nitrogen and oxygen atoms in total. The second-order valence-corrected chi connectivity index (χ2v) is 6.26. The highest BCUT2D eigenvalue weighted by molar-refractivity contribution is 5.00. The molecule has 0 aromatic heterocycles. The van der Waals surface area contributed by atoms with Crippen molar-refractivity contribution in [1.82, 2.24) is 10.2 Å². The highest BCUT2D eigenvalue weighted by Gasteiger charge is 2.40. The Balaban J connectivity index is 2.03. The fraction of sp³-hybridized carbons (Fsp3) is 1.00. The maximum atomic E-state index is 5.36. The van der Waals surface area contributed by atoms with Crippen molar-refractivity contribution >= 4 is 0 Å². The van der Waals surface area contributed by atoms with E-state index in [9.17, 15) is 0 Å². The van der Waals surface area contributed by atoms with Crippen molar-refractivity contribution < 1.29 is 4.74 Å². The van der Waals surface area contributed by atoms with Crippen LogP contribution in [0.2, 0.25) is 0 Å². The van der Waals surface area contributed by atoms with Crippen molar-refractivity contribution in [3.05, 3.63) is 0 Å². The minimum absolute atomic E-state index is 0.409. The molecule has 1 heterocycles. The predicted molar refractivity (Wildman–Crippen MR) is 75.9 cm³/mol. The van der Waals surface area contributed by atoms with Gasteiger partial charge in [-0.3, -0.25) is 4.90 Å². The van der Waals surface area contributed by atoms with Crippen molar-refractivity contribution in [3.63, 3.8) is 0 Å². The van der Waals surface area contributed by atoms with Crippen LogP contribution in [0, 0.1) is 0 Å². The lowest BCUT2D eigenvalue weighted by Crippen LogP contribution is -2.66. The smallest absolute Gasteiger partial charge is 0.0615 e. The summed E-state index contributed by atoms with van der Waals surface area (Å²) in [5, 5.41) is 3.88. The highest BCUT2D eigenvalue weighted by Crippen LogP contribution is 2.33. The molecule has 2 atom stereocenters. The summed E-state index contributed by atoms with van der Waals surface area (Å²) in [5.74, 6) is 0. The Labute approximate surface area is 112 Å². The van der Waals surface area contributed by atoms with E-state index in [-0.39, 0.29) is 0 Å². The summed E-state index contributed by atoms with van der Waals surface area (Å²) in [7, 11) is 1.82. The third kappa shape index (κ3) is 3.06. The molecule has 3 heteroatoms. The van der Waals surface area contributed by atoms with Gasteiger partial charge in [-0.15, -0.1) is 0 Å². The molecular weight excluding hydrogens is 224 g/mol. The van der Waals surface area contributed by atoms with Crippen molar-refractivity contribution in [2.45, 2.75) is 70.0 Å². The van der Waals surface area contributed by atoms with Gasteiger partial charge in [0.1, 0.15) is 0 Å². The molecule has 2 rings (SSSR count). The van der Waals surface area contributed by atoms with Crippen LogP contribution in [0.4, 0.5) is 0 Å². The Kier molecular flexibility index (Phi) is 5.05. The number of piperazine rings is 1. The van der Waals surface area contributed by atoms with Crippen LogP contribution in [-0.4, -0.2) is 49.3 Å². The van der Waals surface area contributed by atoms with Crippen LogP contribution in [0.25, 0.3) is 0 Å². The SMILES string of the molecule is CCC1CNC2(CCCCC2)CN1C(C)COC. The number of nitrogens with zero attached hydrogens (tertiary/aromatic N) is 1. The molecule has 1 aliphatic heterocycles. The first-order chi connectivity index (χ1) is 8.71. The number of ether oxygens (including phenoxy) is 1. The minimum Gasteiger partial charge on any atom is -0.383 e. The van der Waals surface area contributed by atoms with Crippen molar-refractivity contribution in [3.8, 4) is 0 Å². The lowest BCUT2D eigenvalue weighted by molar-refractivity contribution is 0.00178. The van der Waals surface area contributed by atoms with Gasteiger partial charge in [0.05, 0.1) is 6.61 Å². The molecular formula is C15H30N2O. The van der Waals surface area contributed by atoms with E-state index in [0.717, 1.165) is 13.2 Å². The average Bonchev–Trinajstić information content (AvgIpc) is 2.40. The summed E-state index contributed by atoms with van der Waals surface area (Å²) in [6.45, 7) is 7.85. The van der Waals surface area contributed by atoms with Crippen molar-refractivity contribution in [2.75, 3.05) is 26.8 Å². The van der Waals surface area contributed by atoms with Crippen LogP contribution in [-0.2, 0) is 4.74 Å². The molecule has 2 aliphatic rings. The normalized spacial score (nSPS) is 30.5. The number of hydrogen-bond donors (Lipinski definition) is 1. The first-order valence-electron chi connectivity index (χ1n) is 7.70. The zero-order valence-electron chi connectivity index (χ0n) is 12.4. The van der Waals surface area contributed by atoms with Crippen LogP contribution in [0.15, 0.2) is 0 Å². The molecule has 1 N–H and O–H groups in total. The van der Waals surface area contributed by atoms with Crippen molar-refractivity contribution in [2.24, 2.45) is 0 Å². The number of methoxy groups -OCH3 is 1. The molecule has 1 saturated carbocycles. The zero-order chi connectivity index (χ0) is 13.0. The van der Waals surface area contributed by atoms with Crippen LogP contribution in [0.1, 0.15) is 52.4 Å². The van der Waals surface area contributed by atoms with E-state index in [1.807, 2.05) is 7.11 Å². The van der Waals surface area contributed by atoms with Gasteiger partial charge in [-0.25, -0.2) is 0 Å². The minimum atomic E-state index is 0.409. The Bertz CT molecular complexity index is 251. The molecule has 106 valence electrons. The molecule has 0 radical (unpaired) electrons. The average molecular weight is 254 g/mol. The van der Waals surface area contributed by atoms with E-state index >= 15 is 0 Å². The topological polar surface area (TPSA) is 24.5 Å². The molecule has 1 spiro atoms. The number of nitrogens with one attached hydrogen (secondary N) is 1. The van der Waals surface area contributed by atoms with Gasteiger partial charge in [0.15, 0.2) is 0 Å². The Morgan fingerprint density at radius 2 is 2.06 bits per heavy atom. The standard InChI is InChI=1S/C15H30N2O/c1-4-14-10-16-15(8-6-5-7-9-15)12-17(14)13(2)11-18-3/h13-14,16H,4-12H2,1-3H3. The van der Waals surface area contributed by atoms with E-state index < -0.39 is 0 Å². The summed E-state index contributed by atoms with van der Waals surface area (Å²) >= 11 is 0. The Morgan fingerprint density at radius 1 is 1.33 bits per heavy atom. The fourth-order valence-electron chi connectivity index (χ4n) is 3.78. The molecule has 0 amide bonds. The van der Waals surface area contributed by atoms with Gasteiger partial charge in [-0.2, -0.15) is 0 Å². The van der Waals surface area contributed by atoms with Crippen LogP contribution < -0.4 is 5.32 Å². The number of rotatable bonds is 4. The van der Waals surface area contributed by atoms with Gasteiger partial charge in [0.2, 0.25) is 0 Å². The van der Waals surface area contributed by atoms with Crippen LogP contribution >= 0.6 is 0 Å². The second-order valence-electron chi connectivity index (χ2n) is 6.26. The first kappa shape index (κ1) is 14.3. The summed E-state index contributed by atoms with van der Waals surface area (Å²) in [4.78, 5) is 2.70. The zero-order valence-corrected chi connectivity index (χ0v) is 12.4. The quantitative estimate of drug-likeness (QED) is 0.834. The Morgan fingerprint density at radius 3 is 2.67 bits per heavy atom. The first-order valence-corrected chi connectivity index (χ1v) is 7.70. The monoisotopic (exact) mass is 254 g/mol. The van der Waals surface area contributed by atoms with Crippen LogP contribution in [0.5, 0.6) is 0 Å². The summed E-state index contributed by atoms with van der Waals surface area (Å²) in [5.41, 5.74) is 0.409. The molecule has 18 heavy (non-hydrogen) atoms.